The van der Waals surface area contributed by atoms with E-state index in [0.717, 1.165) is 30.4 Å². The molecule has 4 saturated carbocycles. The Morgan fingerprint density at radius 3 is 1.78 bits per heavy atom. The lowest BCUT2D eigenvalue weighted by Gasteiger charge is -2.61. The predicted molar refractivity (Wildman–Crippen MR) is 143 cm³/mol. The van der Waals surface area contributed by atoms with Crippen LogP contribution in [0.3, 0.4) is 0 Å². The Balaban J connectivity index is 1.17. The van der Waals surface area contributed by atoms with Crippen LogP contribution in [0.15, 0.2) is 91.0 Å². The number of hydrogen-bond donors (Lipinski definition) is 0. The zero-order valence-corrected chi connectivity index (χ0v) is 21.4. The van der Waals surface area contributed by atoms with E-state index in [1.165, 1.54) is 24.8 Å². The van der Waals surface area contributed by atoms with Crippen molar-refractivity contribution in [3.05, 3.63) is 108 Å². The zero-order valence-electron chi connectivity index (χ0n) is 21.4. The average Bonchev–Trinajstić information content (AvgIpc) is 2.92. The van der Waals surface area contributed by atoms with Gasteiger partial charge < -0.3 is 9.64 Å². The van der Waals surface area contributed by atoms with Gasteiger partial charge >= 0.3 is 5.97 Å². The summed E-state index contributed by atoms with van der Waals surface area (Å²) < 4.78 is 5.90. The summed E-state index contributed by atoms with van der Waals surface area (Å²) >= 11 is 0. The van der Waals surface area contributed by atoms with Crippen molar-refractivity contribution in [3.8, 4) is 0 Å². The summed E-state index contributed by atoms with van der Waals surface area (Å²) in [6.07, 6.45) is 6.23. The molecule has 1 amide bonds. The van der Waals surface area contributed by atoms with Crippen molar-refractivity contribution in [1.82, 2.24) is 4.90 Å². The van der Waals surface area contributed by atoms with E-state index in [1.807, 2.05) is 60.7 Å². The summed E-state index contributed by atoms with van der Waals surface area (Å²) in [6, 6.07) is 30.7. The Hall–Kier alpha value is -3.40. The van der Waals surface area contributed by atoms with Gasteiger partial charge in [-0.05, 0) is 72.5 Å². The van der Waals surface area contributed by atoms with Crippen LogP contribution in [0.25, 0.3) is 0 Å². The summed E-state index contributed by atoms with van der Waals surface area (Å²) in [7, 11) is 0. The molecule has 2 unspecified atom stereocenters. The highest BCUT2D eigenvalue weighted by Gasteiger charge is 2.61. The van der Waals surface area contributed by atoms with Gasteiger partial charge in [0.05, 0.1) is 5.41 Å². The van der Waals surface area contributed by atoms with Gasteiger partial charge in [0.15, 0.2) is 6.61 Å². The van der Waals surface area contributed by atoms with Crippen molar-refractivity contribution in [2.75, 3.05) is 6.61 Å². The zero-order chi connectivity index (χ0) is 25.3. The van der Waals surface area contributed by atoms with Gasteiger partial charge in [0.2, 0.25) is 0 Å². The smallest absolute Gasteiger partial charge is 0.312 e. The first-order chi connectivity index (χ1) is 18.0. The third-order valence-electron chi connectivity index (χ3n) is 8.99. The van der Waals surface area contributed by atoms with Crippen molar-refractivity contribution < 1.29 is 14.3 Å². The van der Waals surface area contributed by atoms with Gasteiger partial charge in [0.25, 0.3) is 5.91 Å². The summed E-state index contributed by atoms with van der Waals surface area (Å²) in [5.41, 5.74) is 3.10. The predicted octanol–water partition coefficient (Wildman–Crippen LogP) is 6.30. The van der Waals surface area contributed by atoms with Crippen LogP contribution in [-0.4, -0.2) is 23.4 Å². The van der Waals surface area contributed by atoms with Crippen molar-refractivity contribution in [3.63, 3.8) is 0 Å². The molecule has 4 atom stereocenters. The summed E-state index contributed by atoms with van der Waals surface area (Å²) in [5, 5.41) is 0. The van der Waals surface area contributed by atoms with Crippen LogP contribution < -0.4 is 0 Å². The Labute approximate surface area is 219 Å². The topological polar surface area (TPSA) is 46.6 Å². The first-order valence-corrected chi connectivity index (χ1v) is 13.6. The maximum Gasteiger partial charge on any atom is 0.312 e. The normalized spacial score (nSPS) is 27.6. The van der Waals surface area contributed by atoms with Gasteiger partial charge in [-0.3, -0.25) is 9.59 Å². The molecule has 7 rings (SSSR count). The van der Waals surface area contributed by atoms with E-state index < -0.39 is 5.41 Å². The second kappa shape index (κ2) is 9.81. The molecule has 4 aliphatic carbocycles. The number of amides is 1. The Morgan fingerprint density at radius 2 is 1.24 bits per heavy atom. The van der Waals surface area contributed by atoms with Gasteiger partial charge in [-0.25, -0.2) is 0 Å². The number of carbonyl (C=O) groups excluding carboxylic acids is 2. The van der Waals surface area contributed by atoms with Crippen LogP contribution in [0.4, 0.5) is 0 Å². The third kappa shape index (κ3) is 4.82. The van der Waals surface area contributed by atoms with Crippen LogP contribution >= 0.6 is 0 Å². The third-order valence-corrected chi connectivity index (χ3v) is 8.99. The highest BCUT2D eigenvalue weighted by molar-refractivity contribution is 5.83. The van der Waals surface area contributed by atoms with Gasteiger partial charge in [-0.15, -0.1) is 0 Å². The van der Waals surface area contributed by atoms with E-state index in [9.17, 15) is 9.59 Å². The van der Waals surface area contributed by atoms with Gasteiger partial charge in [-0.2, -0.15) is 0 Å². The second-order valence-electron chi connectivity index (χ2n) is 11.7. The first-order valence-electron chi connectivity index (χ1n) is 13.6. The maximum absolute atomic E-state index is 13.7. The van der Waals surface area contributed by atoms with E-state index in [2.05, 4.69) is 30.3 Å². The lowest BCUT2D eigenvalue weighted by molar-refractivity contribution is -0.177. The molecule has 4 bridgehead atoms. The molecular formula is C33H35NO3. The fourth-order valence-electron chi connectivity index (χ4n) is 7.84. The highest BCUT2D eigenvalue weighted by Crippen LogP contribution is 2.66. The van der Waals surface area contributed by atoms with E-state index in [-0.39, 0.29) is 23.9 Å². The Bertz CT molecular complexity index is 1180. The number of ether oxygens (including phenoxy) is 1. The molecular weight excluding hydrogens is 458 g/mol. The van der Waals surface area contributed by atoms with E-state index in [1.54, 1.807) is 4.90 Å². The number of benzene rings is 3. The summed E-state index contributed by atoms with van der Waals surface area (Å²) in [6.45, 7) is 0.769. The molecule has 3 aromatic rings. The molecule has 0 saturated heterocycles. The number of esters is 1. The number of carbonyl (C=O) groups is 2. The van der Waals surface area contributed by atoms with E-state index in [4.69, 9.17) is 4.74 Å². The van der Waals surface area contributed by atoms with Gasteiger partial charge in [0.1, 0.15) is 0 Å². The molecule has 3 aromatic carbocycles. The van der Waals surface area contributed by atoms with Crippen molar-refractivity contribution in [2.45, 2.75) is 57.0 Å². The van der Waals surface area contributed by atoms with Crippen LogP contribution in [0.5, 0.6) is 0 Å². The number of rotatable bonds is 8. The number of nitrogens with zero attached hydrogens (tertiary/aromatic N) is 1. The summed E-state index contributed by atoms with van der Waals surface area (Å²) in [5.74, 6) is 0.827. The molecule has 4 fully saturated rings. The second-order valence-corrected chi connectivity index (χ2v) is 11.7. The molecule has 0 spiro atoms. The van der Waals surface area contributed by atoms with Crippen molar-refractivity contribution in [1.29, 1.82) is 0 Å². The molecule has 0 aliphatic heterocycles. The molecule has 190 valence electrons. The van der Waals surface area contributed by atoms with Crippen LogP contribution in [0.2, 0.25) is 0 Å². The van der Waals surface area contributed by atoms with Crippen molar-refractivity contribution >= 4 is 11.9 Å². The molecule has 0 radical (unpaired) electrons. The minimum absolute atomic E-state index is 0.0705. The maximum atomic E-state index is 13.7. The molecule has 4 heteroatoms. The van der Waals surface area contributed by atoms with Gasteiger partial charge in [0, 0.05) is 13.1 Å². The average molecular weight is 494 g/mol. The molecule has 0 aromatic heterocycles. The highest BCUT2D eigenvalue weighted by atomic mass is 16.5. The largest absolute Gasteiger partial charge is 0.455 e. The minimum Gasteiger partial charge on any atom is -0.455 e. The van der Waals surface area contributed by atoms with Crippen LogP contribution in [0, 0.1) is 17.3 Å². The minimum atomic E-state index is -0.454. The molecule has 37 heavy (non-hydrogen) atoms. The number of hydrogen-bond acceptors (Lipinski definition) is 3. The van der Waals surface area contributed by atoms with Crippen molar-refractivity contribution in [2.24, 2.45) is 17.3 Å². The standard InChI is InChI=1S/C33H35NO3/c35-30(34(21-25-10-4-1-5-11-25)22-26-12-6-2-7-13-26)23-37-31(36)33-19-27-16-28(20-33)18-32(17-27,24-33)29-14-8-3-9-15-29/h1-15,27-28H,16-24H2/t27-,28+,32?,33?. The van der Waals surface area contributed by atoms with Crippen LogP contribution in [-0.2, 0) is 32.8 Å². The summed E-state index contributed by atoms with van der Waals surface area (Å²) in [4.78, 5) is 28.9. The van der Waals surface area contributed by atoms with Gasteiger partial charge in [-0.1, -0.05) is 91.0 Å². The molecule has 4 aliphatic rings. The SMILES string of the molecule is O=C(COC(=O)C12C[C@H]3C[C@@H](C1)CC(c1ccccc1)(C3)C2)N(Cc1ccccc1)Cc1ccccc1. The lowest BCUT2D eigenvalue weighted by Crippen LogP contribution is -2.57. The van der Waals surface area contributed by atoms with Crippen LogP contribution in [0.1, 0.15) is 55.2 Å². The Morgan fingerprint density at radius 1 is 0.730 bits per heavy atom. The first kappa shape index (κ1) is 24.0. The monoisotopic (exact) mass is 493 g/mol. The lowest BCUT2D eigenvalue weighted by atomic mass is 9.43. The van der Waals surface area contributed by atoms with E-state index in [0.29, 0.717) is 24.9 Å². The molecule has 0 heterocycles. The van der Waals surface area contributed by atoms with E-state index >= 15 is 0 Å². The fraction of sp³-hybridized carbons (Fsp3) is 0.394. The Kier molecular flexibility index (Phi) is 6.36. The molecule has 4 nitrogen and oxygen atoms in total. The fourth-order valence-corrected chi connectivity index (χ4v) is 7.84. The quantitative estimate of drug-likeness (QED) is 0.346. The molecule has 0 N–H and O–H groups in total.